The number of fused-ring (bicyclic) bond motifs is 6. The summed E-state index contributed by atoms with van der Waals surface area (Å²) >= 11 is 0. The third kappa shape index (κ3) is 2.99. The summed E-state index contributed by atoms with van der Waals surface area (Å²) in [5.41, 5.74) is 8.49. The summed E-state index contributed by atoms with van der Waals surface area (Å²) in [5, 5.41) is 5.16. The summed E-state index contributed by atoms with van der Waals surface area (Å²) in [4.78, 5) is 0. The zero-order chi connectivity index (χ0) is 26.8. The van der Waals surface area contributed by atoms with Crippen LogP contribution in [-0.4, -0.2) is 9.13 Å². The van der Waals surface area contributed by atoms with Gasteiger partial charge in [0, 0.05) is 33.2 Å². The van der Waals surface area contributed by atoms with Crippen LogP contribution in [0.4, 0.5) is 0 Å². The molecule has 2 unspecified atom stereocenters. The van der Waals surface area contributed by atoms with Crippen LogP contribution in [0, 0.1) is 12.8 Å². The van der Waals surface area contributed by atoms with Crippen molar-refractivity contribution < 1.29 is 0 Å². The molecule has 0 fully saturated rings. The summed E-state index contributed by atoms with van der Waals surface area (Å²) in [5.74, 6) is 0.122. The highest BCUT2D eigenvalue weighted by Gasteiger charge is 2.44. The first-order chi connectivity index (χ1) is 19.7. The molecule has 0 saturated heterocycles. The quantitative estimate of drug-likeness (QED) is 0.222. The molecule has 2 nitrogen and oxygen atoms in total. The van der Waals surface area contributed by atoms with Crippen molar-refractivity contribution in [2.75, 3.05) is 0 Å². The van der Waals surface area contributed by atoms with Crippen LogP contribution < -0.4 is 0 Å². The van der Waals surface area contributed by atoms with E-state index in [9.17, 15) is 0 Å². The van der Waals surface area contributed by atoms with Crippen molar-refractivity contribution in [1.29, 1.82) is 0 Å². The Morgan fingerprint density at radius 1 is 0.550 bits per heavy atom. The van der Waals surface area contributed by atoms with E-state index in [4.69, 9.17) is 0 Å². The number of para-hydroxylation sites is 4. The second-order valence-electron chi connectivity index (χ2n) is 11.1. The van der Waals surface area contributed by atoms with Crippen LogP contribution >= 0.6 is 0 Å². The van der Waals surface area contributed by atoms with Crippen molar-refractivity contribution in [2.24, 2.45) is 5.92 Å². The summed E-state index contributed by atoms with van der Waals surface area (Å²) in [6.07, 6.45) is 7.05. The SMILES string of the molecule is Cc1ccccc1C1(n2c3ccccc3c3ccccc32)C=CC=C(n2c3ccccc3c3ccccc32)C1C. The lowest BCUT2D eigenvalue weighted by atomic mass is 9.72. The van der Waals surface area contributed by atoms with Crippen LogP contribution in [0.25, 0.3) is 49.3 Å². The predicted molar refractivity (Wildman–Crippen MR) is 170 cm³/mol. The minimum absolute atomic E-state index is 0.122. The van der Waals surface area contributed by atoms with Crippen LogP contribution in [0.15, 0.2) is 140 Å². The fraction of sp³-hybridized carbons (Fsp3) is 0.105. The lowest BCUT2D eigenvalue weighted by Gasteiger charge is -2.44. The van der Waals surface area contributed by atoms with Crippen molar-refractivity contribution in [2.45, 2.75) is 19.4 Å². The van der Waals surface area contributed by atoms with Crippen LogP contribution in [0.2, 0.25) is 0 Å². The average molecular weight is 515 g/mol. The normalized spacial score (nSPS) is 19.1. The Balaban J connectivity index is 1.50. The Kier molecular flexibility index (Phi) is 4.96. The third-order valence-corrected chi connectivity index (χ3v) is 9.09. The van der Waals surface area contributed by atoms with Gasteiger partial charge in [0.1, 0.15) is 0 Å². The molecule has 40 heavy (non-hydrogen) atoms. The topological polar surface area (TPSA) is 9.86 Å². The van der Waals surface area contributed by atoms with Crippen LogP contribution in [0.5, 0.6) is 0 Å². The molecule has 0 N–H and O–H groups in total. The number of allylic oxidation sites excluding steroid dienone is 4. The van der Waals surface area contributed by atoms with Gasteiger partial charge in [-0.25, -0.2) is 0 Å². The predicted octanol–water partition coefficient (Wildman–Crippen LogP) is 9.70. The first-order valence-electron chi connectivity index (χ1n) is 14.1. The van der Waals surface area contributed by atoms with Gasteiger partial charge in [-0.05, 0) is 48.4 Å². The lowest BCUT2D eigenvalue weighted by Crippen LogP contribution is -2.42. The molecule has 2 atom stereocenters. The Labute approximate surface area is 234 Å². The van der Waals surface area contributed by atoms with E-state index in [1.165, 1.54) is 60.4 Å². The lowest BCUT2D eigenvalue weighted by molar-refractivity contribution is 0.373. The first-order valence-corrected chi connectivity index (χ1v) is 14.1. The molecule has 8 rings (SSSR count). The third-order valence-electron chi connectivity index (χ3n) is 9.09. The Morgan fingerprint density at radius 3 is 1.55 bits per heavy atom. The molecule has 0 bridgehead atoms. The highest BCUT2D eigenvalue weighted by atomic mass is 15.1. The van der Waals surface area contributed by atoms with E-state index in [0.717, 1.165) is 0 Å². The highest BCUT2D eigenvalue weighted by molar-refractivity contribution is 6.11. The summed E-state index contributed by atoms with van der Waals surface area (Å²) < 4.78 is 5.11. The average Bonchev–Trinajstić information content (AvgIpc) is 3.52. The number of hydrogen-bond acceptors (Lipinski definition) is 0. The van der Waals surface area contributed by atoms with Gasteiger partial charge in [0.05, 0.1) is 27.6 Å². The molecule has 1 aliphatic carbocycles. The van der Waals surface area contributed by atoms with Crippen molar-refractivity contribution in [1.82, 2.24) is 9.13 Å². The van der Waals surface area contributed by atoms with E-state index in [1.807, 2.05) is 0 Å². The van der Waals surface area contributed by atoms with E-state index < -0.39 is 5.54 Å². The molecule has 2 aromatic heterocycles. The molecular formula is C38H30N2. The van der Waals surface area contributed by atoms with Crippen LogP contribution in [0.1, 0.15) is 18.1 Å². The second kappa shape index (κ2) is 8.59. The summed E-state index contributed by atoms with van der Waals surface area (Å²) in [6, 6.07) is 44.3. The number of aromatic nitrogens is 2. The molecule has 2 heterocycles. The number of rotatable bonds is 3. The van der Waals surface area contributed by atoms with E-state index >= 15 is 0 Å². The number of benzene rings is 5. The molecule has 2 heteroatoms. The monoisotopic (exact) mass is 514 g/mol. The maximum Gasteiger partial charge on any atom is 0.0972 e. The number of nitrogens with zero attached hydrogens (tertiary/aromatic N) is 2. The zero-order valence-corrected chi connectivity index (χ0v) is 22.8. The smallest absolute Gasteiger partial charge is 0.0972 e. The minimum Gasteiger partial charge on any atom is -0.326 e. The van der Waals surface area contributed by atoms with Gasteiger partial charge >= 0.3 is 0 Å². The van der Waals surface area contributed by atoms with E-state index in [-0.39, 0.29) is 5.92 Å². The molecular weight excluding hydrogens is 484 g/mol. The minimum atomic E-state index is -0.440. The Hall–Kier alpha value is -4.82. The number of hydrogen-bond donors (Lipinski definition) is 0. The fourth-order valence-electron chi connectivity index (χ4n) is 7.33. The van der Waals surface area contributed by atoms with Crippen LogP contribution in [0.3, 0.4) is 0 Å². The summed E-state index contributed by atoms with van der Waals surface area (Å²) in [7, 11) is 0. The van der Waals surface area contributed by atoms with E-state index in [2.05, 4.69) is 163 Å². The molecule has 0 aliphatic heterocycles. The zero-order valence-electron chi connectivity index (χ0n) is 22.8. The van der Waals surface area contributed by atoms with E-state index in [0.29, 0.717) is 0 Å². The van der Waals surface area contributed by atoms with Gasteiger partial charge < -0.3 is 9.13 Å². The molecule has 0 amide bonds. The molecule has 192 valence electrons. The molecule has 1 aliphatic rings. The molecule has 0 saturated carbocycles. The van der Waals surface area contributed by atoms with Gasteiger partial charge in [-0.2, -0.15) is 0 Å². The van der Waals surface area contributed by atoms with E-state index in [1.54, 1.807) is 0 Å². The fourth-order valence-corrected chi connectivity index (χ4v) is 7.33. The van der Waals surface area contributed by atoms with Crippen molar-refractivity contribution >= 4 is 49.3 Å². The van der Waals surface area contributed by atoms with Crippen molar-refractivity contribution in [3.8, 4) is 0 Å². The Bertz CT molecular complexity index is 2050. The van der Waals surface area contributed by atoms with Crippen LogP contribution in [-0.2, 0) is 5.54 Å². The Morgan fingerprint density at radius 2 is 1.00 bits per heavy atom. The van der Waals surface area contributed by atoms with Crippen molar-refractivity contribution in [3.05, 3.63) is 151 Å². The molecule has 7 aromatic rings. The van der Waals surface area contributed by atoms with Crippen molar-refractivity contribution in [3.63, 3.8) is 0 Å². The van der Waals surface area contributed by atoms with Gasteiger partial charge in [-0.3, -0.25) is 0 Å². The van der Waals surface area contributed by atoms with Gasteiger partial charge in [0.25, 0.3) is 0 Å². The molecule has 0 radical (unpaired) electrons. The molecule has 5 aromatic carbocycles. The standard InChI is InChI=1S/C38H30N2/c1-26-14-3-8-19-32(26)38(40-36-22-11-6-17-30(36)31-18-7-12-23-37(31)40)25-13-24-33(27(38)2)39-34-20-9-4-15-28(34)29-16-5-10-21-35(29)39/h3-25,27H,1-2H3. The maximum absolute atomic E-state index is 2.61. The van der Waals surface area contributed by atoms with Gasteiger partial charge in [-0.15, -0.1) is 0 Å². The highest BCUT2D eigenvalue weighted by Crippen LogP contribution is 2.50. The largest absolute Gasteiger partial charge is 0.326 e. The molecule has 0 spiro atoms. The maximum atomic E-state index is 2.61. The summed E-state index contributed by atoms with van der Waals surface area (Å²) in [6.45, 7) is 4.67. The number of aryl methyl sites for hydroxylation is 1. The first kappa shape index (κ1) is 23.1. The second-order valence-corrected chi connectivity index (χ2v) is 11.1. The van der Waals surface area contributed by atoms with Gasteiger partial charge in [0.2, 0.25) is 0 Å². The van der Waals surface area contributed by atoms with Gasteiger partial charge in [-0.1, -0.05) is 116 Å². The van der Waals surface area contributed by atoms with Gasteiger partial charge in [0.15, 0.2) is 0 Å².